The van der Waals surface area contributed by atoms with E-state index in [1.165, 1.54) is 23.9 Å². The van der Waals surface area contributed by atoms with Gasteiger partial charge in [-0.3, -0.25) is 4.79 Å². The summed E-state index contributed by atoms with van der Waals surface area (Å²) in [5, 5.41) is 7.81. The van der Waals surface area contributed by atoms with Gasteiger partial charge < -0.3 is 5.32 Å². The second-order valence-electron chi connectivity index (χ2n) is 7.02. The number of hydrogen-bond donors (Lipinski definition) is 1. The predicted molar refractivity (Wildman–Crippen MR) is 118 cm³/mol. The van der Waals surface area contributed by atoms with E-state index in [2.05, 4.69) is 5.32 Å². The zero-order valence-electron chi connectivity index (χ0n) is 16.0. The molecule has 1 N–H and O–H groups in total. The largest absolute Gasteiger partial charge is 0.310 e. The number of halogens is 1. The first kappa shape index (κ1) is 18.6. The van der Waals surface area contributed by atoms with Gasteiger partial charge in [-0.25, -0.2) is 9.07 Å². The predicted octanol–water partition coefficient (Wildman–Crippen LogP) is 5.45. The molecular formula is C24H18FN3OS. The summed E-state index contributed by atoms with van der Waals surface area (Å²) in [6.07, 6.45) is 0. The van der Waals surface area contributed by atoms with Crippen LogP contribution in [0.4, 0.5) is 10.2 Å². The molecule has 1 aromatic heterocycles. The quantitative estimate of drug-likeness (QED) is 0.484. The molecule has 1 aliphatic rings. The Morgan fingerprint density at radius 3 is 2.30 bits per heavy atom. The summed E-state index contributed by atoms with van der Waals surface area (Å²) >= 11 is 1.52. The van der Waals surface area contributed by atoms with Crippen molar-refractivity contribution in [3.63, 3.8) is 0 Å². The van der Waals surface area contributed by atoms with E-state index in [0.717, 1.165) is 28.1 Å². The molecule has 1 amide bonds. The first-order valence-electron chi connectivity index (χ1n) is 9.61. The minimum absolute atomic E-state index is 0.0810. The number of rotatable bonds is 3. The van der Waals surface area contributed by atoms with Crippen molar-refractivity contribution in [2.75, 3.05) is 11.1 Å². The minimum Gasteiger partial charge on any atom is -0.310 e. The monoisotopic (exact) mass is 415 g/mol. The summed E-state index contributed by atoms with van der Waals surface area (Å²) in [5.74, 6) is 0.599. The van der Waals surface area contributed by atoms with Crippen LogP contribution < -0.4 is 5.32 Å². The molecule has 1 atom stereocenters. The number of carbonyl (C=O) groups is 1. The third kappa shape index (κ3) is 3.39. The number of fused-ring (bicyclic) bond motifs is 1. The average molecular weight is 415 g/mol. The number of para-hydroxylation sites is 1. The number of thioether (sulfide) groups is 1. The molecule has 0 spiro atoms. The lowest BCUT2D eigenvalue weighted by molar-refractivity contribution is -0.113. The van der Waals surface area contributed by atoms with Crippen molar-refractivity contribution < 1.29 is 9.18 Å². The average Bonchev–Trinajstić information content (AvgIpc) is 3.06. The highest BCUT2D eigenvalue weighted by Gasteiger charge is 2.32. The SMILES string of the molecule is O=C1CSC(c2ccc(F)cc2)c2c(-c3ccccc3)nn(-c3ccccc3)c2N1. The molecule has 2 heterocycles. The second kappa shape index (κ2) is 7.80. The van der Waals surface area contributed by atoms with Gasteiger partial charge in [0.15, 0.2) is 0 Å². The van der Waals surface area contributed by atoms with Crippen LogP contribution in [-0.4, -0.2) is 21.4 Å². The Labute approximate surface area is 177 Å². The normalized spacial score (nSPS) is 15.9. The molecule has 0 fully saturated rings. The summed E-state index contributed by atoms with van der Waals surface area (Å²) in [6, 6.07) is 26.1. The molecule has 0 saturated heterocycles. The number of nitrogens with zero attached hydrogens (tertiary/aromatic N) is 2. The van der Waals surface area contributed by atoms with E-state index in [1.54, 1.807) is 16.8 Å². The van der Waals surface area contributed by atoms with E-state index >= 15 is 0 Å². The van der Waals surface area contributed by atoms with E-state index in [4.69, 9.17) is 5.10 Å². The lowest BCUT2D eigenvalue weighted by atomic mass is 10.00. The molecule has 4 nitrogen and oxygen atoms in total. The number of amides is 1. The molecule has 1 unspecified atom stereocenters. The van der Waals surface area contributed by atoms with Crippen LogP contribution in [0.1, 0.15) is 16.4 Å². The molecule has 4 aromatic rings. The van der Waals surface area contributed by atoms with Gasteiger partial charge in [-0.2, -0.15) is 5.10 Å². The van der Waals surface area contributed by atoms with Crippen LogP contribution in [-0.2, 0) is 4.79 Å². The highest BCUT2D eigenvalue weighted by atomic mass is 32.2. The molecule has 148 valence electrons. The number of hydrogen-bond acceptors (Lipinski definition) is 3. The summed E-state index contributed by atoms with van der Waals surface area (Å²) < 4.78 is 15.4. The summed E-state index contributed by atoms with van der Waals surface area (Å²) in [4.78, 5) is 12.6. The fourth-order valence-corrected chi connectivity index (χ4v) is 4.80. The van der Waals surface area contributed by atoms with Gasteiger partial charge in [0.1, 0.15) is 11.6 Å². The first-order valence-corrected chi connectivity index (χ1v) is 10.7. The smallest absolute Gasteiger partial charge is 0.235 e. The molecule has 5 rings (SSSR count). The lowest BCUT2D eigenvalue weighted by Gasteiger charge is -2.16. The molecule has 0 bridgehead atoms. The fourth-order valence-electron chi connectivity index (χ4n) is 3.67. The maximum atomic E-state index is 13.6. The molecule has 3 aromatic carbocycles. The van der Waals surface area contributed by atoms with Crippen molar-refractivity contribution in [3.05, 3.63) is 102 Å². The Morgan fingerprint density at radius 1 is 0.933 bits per heavy atom. The fraction of sp³-hybridized carbons (Fsp3) is 0.0833. The molecule has 0 saturated carbocycles. The van der Waals surface area contributed by atoms with Gasteiger partial charge in [0.05, 0.1) is 22.4 Å². The van der Waals surface area contributed by atoms with E-state index in [1.807, 2.05) is 60.7 Å². The number of aromatic nitrogens is 2. The molecule has 6 heteroatoms. The van der Waals surface area contributed by atoms with E-state index in [-0.39, 0.29) is 17.0 Å². The van der Waals surface area contributed by atoms with Gasteiger partial charge in [-0.1, -0.05) is 60.7 Å². The topological polar surface area (TPSA) is 46.9 Å². The van der Waals surface area contributed by atoms with Crippen molar-refractivity contribution in [1.29, 1.82) is 0 Å². The molecular weight excluding hydrogens is 397 g/mol. The first-order chi connectivity index (χ1) is 14.7. The highest BCUT2D eigenvalue weighted by Crippen LogP contribution is 2.46. The van der Waals surface area contributed by atoms with E-state index in [9.17, 15) is 9.18 Å². The third-order valence-corrected chi connectivity index (χ3v) is 6.31. The number of nitrogens with one attached hydrogen (secondary N) is 1. The molecule has 30 heavy (non-hydrogen) atoms. The Hall–Kier alpha value is -3.38. The van der Waals surface area contributed by atoms with Crippen LogP contribution >= 0.6 is 11.8 Å². The van der Waals surface area contributed by atoms with Crippen molar-refractivity contribution in [2.45, 2.75) is 5.25 Å². The Bertz CT molecular complexity index is 1190. The minimum atomic E-state index is -0.282. The Balaban J connectivity index is 1.78. The summed E-state index contributed by atoms with van der Waals surface area (Å²) in [7, 11) is 0. The van der Waals surface area contributed by atoms with Gasteiger partial charge in [-0.05, 0) is 29.8 Å². The Kier molecular flexibility index (Phi) is 4.85. The Morgan fingerprint density at radius 2 is 1.60 bits per heavy atom. The molecule has 0 radical (unpaired) electrons. The van der Waals surface area contributed by atoms with Crippen LogP contribution in [0.2, 0.25) is 0 Å². The van der Waals surface area contributed by atoms with Crippen LogP contribution in [0.5, 0.6) is 0 Å². The zero-order chi connectivity index (χ0) is 20.5. The van der Waals surface area contributed by atoms with Crippen LogP contribution in [0.25, 0.3) is 16.9 Å². The number of carbonyl (C=O) groups excluding carboxylic acids is 1. The lowest BCUT2D eigenvalue weighted by Crippen LogP contribution is -2.15. The van der Waals surface area contributed by atoms with Gasteiger partial charge in [0.2, 0.25) is 5.91 Å². The van der Waals surface area contributed by atoms with Crippen LogP contribution in [0, 0.1) is 5.82 Å². The van der Waals surface area contributed by atoms with Crippen LogP contribution in [0.3, 0.4) is 0 Å². The number of benzene rings is 3. The maximum absolute atomic E-state index is 13.6. The molecule has 0 aliphatic carbocycles. The zero-order valence-corrected chi connectivity index (χ0v) is 16.8. The van der Waals surface area contributed by atoms with Crippen molar-refractivity contribution in [2.24, 2.45) is 0 Å². The van der Waals surface area contributed by atoms with Crippen LogP contribution in [0.15, 0.2) is 84.9 Å². The summed E-state index contributed by atoms with van der Waals surface area (Å²) in [5.41, 5.74) is 4.49. The van der Waals surface area contributed by atoms with Gasteiger partial charge in [0, 0.05) is 11.1 Å². The van der Waals surface area contributed by atoms with Gasteiger partial charge in [-0.15, -0.1) is 11.8 Å². The van der Waals surface area contributed by atoms with Crippen molar-refractivity contribution in [1.82, 2.24) is 9.78 Å². The third-order valence-electron chi connectivity index (χ3n) is 5.04. The van der Waals surface area contributed by atoms with Crippen molar-refractivity contribution in [3.8, 4) is 16.9 Å². The van der Waals surface area contributed by atoms with E-state index in [0.29, 0.717) is 11.6 Å². The highest BCUT2D eigenvalue weighted by molar-refractivity contribution is 8.00. The van der Waals surface area contributed by atoms with Gasteiger partial charge >= 0.3 is 0 Å². The van der Waals surface area contributed by atoms with Gasteiger partial charge in [0.25, 0.3) is 0 Å². The maximum Gasteiger partial charge on any atom is 0.235 e. The molecule has 1 aliphatic heterocycles. The van der Waals surface area contributed by atoms with E-state index < -0.39 is 0 Å². The number of anilines is 1. The van der Waals surface area contributed by atoms with Crippen molar-refractivity contribution >= 4 is 23.5 Å². The second-order valence-corrected chi connectivity index (χ2v) is 8.11. The standard InChI is InChI=1S/C24H18FN3OS/c25-18-13-11-17(12-14-18)23-21-22(16-7-3-1-4-8-16)27-28(19-9-5-2-6-10-19)24(21)26-20(29)15-30-23/h1-14,23H,15H2,(H,26,29). The summed E-state index contributed by atoms with van der Waals surface area (Å²) in [6.45, 7) is 0.